The van der Waals surface area contributed by atoms with Crippen molar-refractivity contribution >= 4 is 17.6 Å². The third-order valence-corrected chi connectivity index (χ3v) is 4.04. The number of aliphatic carboxylic acids is 1. The Morgan fingerprint density at radius 1 is 1.29 bits per heavy atom. The summed E-state index contributed by atoms with van der Waals surface area (Å²) in [7, 11) is 0. The molecule has 2 aliphatic rings. The zero-order chi connectivity index (χ0) is 14.8. The number of carboxylic acid groups (broad SMARTS) is 1. The number of para-hydroxylation sites is 1. The van der Waals surface area contributed by atoms with Gasteiger partial charge < -0.3 is 20.1 Å². The molecule has 1 fully saturated rings. The topological polar surface area (TPSA) is 78.9 Å². The number of benzene rings is 1. The van der Waals surface area contributed by atoms with Gasteiger partial charge in [0.15, 0.2) is 5.75 Å². The number of piperidine rings is 1. The minimum Gasteiger partial charge on any atom is -0.489 e. The quantitative estimate of drug-likeness (QED) is 0.861. The molecule has 21 heavy (non-hydrogen) atoms. The third kappa shape index (κ3) is 2.66. The van der Waals surface area contributed by atoms with E-state index in [1.807, 2.05) is 12.1 Å². The first-order chi connectivity index (χ1) is 10.2. The van der Waals surface area contributed by atoms with Gasteiger partial charge in [-0.25, -0.2) is 0 Å². The van der Waals surface area contributed by atoms with E-state index in [0.29, 0.717) is 43.9 Å². The van der Waals surface area contributed by atoms with Gasteiger partial charge in [-0.3, -0.25) is 9.59 Å². The van der Waals surface area contributed by atoms with Gasteiger partial charge in [-0.05, 0) is 25.0 Å². The summed E-state index contributed by atoms with van der Waals surface area (Å²) in [5.41, 5.74) is 1.39. The highest BCUT2D eigenvalue weighted by Gasteiger charge is 2.29. The SMILES string of the molecule is O=C(O)C1CCN(C(=O)c2cccc3c2OCCN3)CC1. The monoisotopic (exact) mass is 290 g/mol. The van der Waals surface area contributed by atoms with E-state index in [2.05, 4.69) is 5.32 Å². The van der Waals surface area contributed by atoms with Gasteiger partial charge in [-0.2, -0.15) is 0 Å². The summed E-state index contributed by atoms with van der Waals surface area (Å²) < 4.78 is 5.62. The highest BCUT2D eigenvalue weighted by atomic mass is 16.5. The minimum atomic E-state index is -0.772. The van der Waals surface area contributed by atoms with Crippen LogP contribution in [-0.2, 0) is 4.79 Å². The van der Waals surface area contributed by atoms with E-state index in [4.69, 9.17) is 9.84 Å². The molecule has 0 atom stereocenters. The normalized spacial score (nSPS) is 18.4. The highest BCUT2D eigenvalue weighted by Crippen LogP contribution is 2.32. The number of amides is 1. The largest absolute Gasteiger partial charge is 0.489 e. The molecular weight excluding hydrogens is 272 g/mol. The van der Waals surface area contributed by atoms with Crippen LogP contribution in [0.3, 0.4) is 0 Å². The van der Waals surface area contributed by atoms with Gasteiger partial charge in [0.1, 0.15) is 6.61 Å². The Morgan fingerprint density at radius 3 is 2.76 bits per heavy atom. The zero-order valence-corrected chi connectivity index (χ0v) is 11.7. The van der Waals surface area contributed by atoms with Crippen LogP contribution in [0.4, 0.5) is 5.69 Å². The van der Waals surface area contributed by atoms with Crippen molar-refractivity contribution in [1.82, 2.24) is 4.90 Å². The Labute approximate surface area is 122 Å². The van der Waals surface area contributed by atoms with Crippen LogP contribution in [0.15, 0.2) is 18.2 Å². The van der Waals surface area contributed by atoms with E-state index >= 15 is 0 Å². The number of carbonyl (C=O) groups excluding carboxylic acids is 1. The molecule has 3 rings (SSSR count). The van der Waals surface area contributed by atoms with Gasteiger partial charge in [0.25, 0.3) is 5.91 Å². The minimum absolute atomic E-state index is 0.0839. The number of anilines is 1. The molecule has 6 nitrogen and oxygen atoms in total. The summed E-state index contributed by atoms with van der Waals surface area (Å²) in [5.74, 6) is -0.586. The lowest BCUT2D eigenvalue weighted by atomic mass is 9.96. The fourth-order valence-corrected chi connectivity index (χ4v) is 2.84. The maximum absolute atomic E-state index is 12.6. The van der Waals surface area contributed by atoms with Crippen molar-refractivity contribution in [2.75, 3.05) is 31.6 Å². The second kappa shape index (κ2) is 5.63. The van der Waals surface area contributed by atoms with Crippen LogP contribution in [-0.4, -0.2) is 48.1 Å². The summed E-state index contributed by atoms with van der Waals surface area (Å²) in [4.78, 5) is 25.3. The fourth-order valence-electron chi connectivity index (χ4n) is 2.84. The van der Waals surface area contributed by atoms with Crippen molar-refractivity contribution in [2.45, 2.75) is 12.8 Å². The molecule has 1 aromatic carbocycles. The molecule has 1 saturated heterocycles. The van der Waals surface area contributed by atoms with Gasteiger partial charge in [0, 0.05) is 19.6 Å². The molecule has 0 saturated carbocycles. The molecule has 2 N–H and O–H groups in total. The fraction of sp³-hybridized carbons (Fsp3) is 0.467. The number of hydrogen-bond donors (Lipinski definition) is 2. The molecule has 0 aromatic heterocycles. The molecule has 0 aliphatic carbocycles. The molecule has 1 amide bonds. The summed E-state index contributed by atoms with van der Waals surface area (Å²) in [6.45, 7) is 2.23. The van der Waals surface area contributed by atoms with Gasteiger partial charge in [-0.1, -0.05) is 6.07 Å². The molecular formula is C15H18N2O4. The standard InChI is InChI=1S/C15H18N2O4/c18-14(17-7-4-10(5-8-17)15(19)20)11-2-1-3-12-13(11)21-9-6-16-12/h1-3,10,16H,4-9H2,(H,19,20). The highest BCUT2D eigenvalue weighted by molar-refractivity contribution is 5.99. The Bertz CT molecular complexity index is 565. The molecule has 0 bridgehead atoms. The van der Waals surface area contributed by atoms with Crippen molar-refractivity contribution in [3.63, 3.8) is 0 Å². The number of ether oxygens (including phenoxy) is 1. The summed E-state index contributed by atoms with van der Waals surface area (Å²) in [6.07, 6.45) is 1.02. The van der Waals surface area contributed by atoms with Gasteiger partial charge in [0.2, 0.25) is 0 Å². The van der Waals surface area contributed by atoms with Crippen LogP contribution in [0.1, 0.15) is 23.2 Å². The van der Waals surface area contributed by atoms with Gasteiger partial charge in [-0.15, -0.1) is 0 Å². The molecule has 2 aliphatic heterocycles. The van der Waals surface area contributed by atoms with E-state index in [-0.39, 0.29) is 11.8 Å². The number of likely N-dealkylation sites (tertiary alicyclic amines) is 1. The first-order valence-corrected chi connectivity index (χ1v) is 7.18. The van der Waals surface area contributed by atoms with Crippen LogP contribution in [0.5, 0.6) is 5.75 Å². The number of carbonyl (C=O) groups is 2. The Morgan fingerprint density at radius 2 is 2.05 bits per heavy atom. The number of fused-ring (bicyclic) bond motifs is 1. The van der Waals surface area contributed by atoms with Crippen molar-refractivity contribution in [2.24, 2.45) is 5.92 Å². The molecule has 0 radical (unpaired) electrons. The third-order valence-electron chi connectivity index (χ3n) is 4.04. The van der Waals surface area contributed by atoms with Crippen molar-refractivity contribution in [1.29, 1.82) is 0 Å². The molecule has 112 valence electrons. The smallest absolute Gasteiger partial charge is 0.306 e. The van der Waals surface area contributed by atoms with E-state index in [9.17, 15) is 9.59 Å². The van der Waals surface area contributed by atoms with Crippen molar-refractivity contribution in [3.8, 4) is 5.75 Å². The Hall–Kier alpha value is -2.24. The van der Waals surface area contributed by atoms with Gasteiger partial charge >= 0.3 is 5.97 Å². The van der Waals surface area contributed by atoms with Crippen molar-refractivity contribution < 1.29 is 19.4 Å². The average molecular weight is 290 g/mol. The predicted molar refractivity (Wildman–Crippen MR) is 76.7 cm³/mol. The molecule has 6 heteroatoms. The zero-order valence-electron chi connectivity index (χ0n) is 11.7. The maximum Gasteiger partial charge on any atom is 0.306 e. The van der Waals surface area contributed by atoms with Crippen LogP contribution >= 0.6 is 0 Å². The summed E-state index contributed by atoms with van der Waals surface area (Å²) in [5, 5.41) is 12.2. The second-order valence-corrected chi connectivity index (χ2v) is 5.36. The van der Waals surface area contributed by atoms with Crippen molar-refractivity contribution in [3.05, 3.63) is 23.8 Å². The number of nitrogens with one attached hydrogen (secondary N) is 1. The first-order valence-electron chi connectivity index (χ1n) is 7.18. The molecule has 1 aromatic rings. The number of hydrogen-bond acceptors (Lipinski definition) is 4. The Balaban J connectivity index is 1.76. The van der Waals surface area contributed by atoms with E-state index in [1.54, 1.807) is 11.0 Å². The maximum atomic E-state index is 12.6. The predicted octanol–water partition coefficient (Wildman–Crippen LogP) is 1.43. The second-order valence-electron chi connectivity index (χ2n) is 5.36. The van der Waals surface area contributed by atoms with Crippen LogP contribution in [0.2, 0.25) is 0 Å². The number of carboxylic acids is 1. The number of nitrogens with zero attached hydrogens (tertiary/aromatic N) is 1. The van der Waals surface area contributed by atoms with E-state index < -0.39 is 5.97 Å². The van der Waals surface area contributed by atoms with E-state index in [1.165, 1.54) is 0 Å². The average Bonchev–Trinajstić information content (AvgIpc) is 2.53. The number of rotatable bonds is 2. The van der Waals surface area contributed by atoms with Crippen LogP contribution < -0.4 is 10.1 Å². The lowest BCUT2D eigenvalue weighted by Gasteiger charge is -2.31. The van der Waals surface area contributed by atoms with Gasteiger partial charge in [0.05, 0.1) is 17.2 Å². The van der Waals surface area contributed by atoms with Crippen LogP contribution in [0, 0.1) is 5.92 Å². The summed E-state index contributed by atoms with van der Waals surface area (Å²) in [6, 6.07) is 5.48. The summed E-state index contributed by atoms with van der Waals surface area (Å²) >= 11 is 0. The molecule has 0 spiro atoms. The molecule has 2 heterocycles. The molecule has 0 unspecified atom stereocenters. The van der Waals surface area contributed by atoms with E-state index in [0.717, 1.165) is 12.2 Å². The van der Waals surface area contributed by atoms with Crippen LogP contribution in [0.25, 0.3) is 0 Å². The first kappa shape index (κ1) is 13.7. The Kier molecular flexibility index (Phi) is 3.68. The lowest BCUT2D eigenvalue weighted by Crippen LogP contribution is -2.40. The lowest BCUT2D eigenvalue weighted by molar-refractivity contribution is -0.143.